The number of aliphatic hydroxyl groups is 1. The number of hydrogen-bond acceptors (Lipinski definition) is 3. The van der Waals surface area contributed by atoms with Crippen molar-refractivity contribution in [1.29, 1.82) is 0 Å². The highest BCUT2D eigenvalue weighted by Crippen LogP contribution is 2.31. The van der Waals surface area contributed by atoms with Gasteiger partial charge in [-0.2, -0.15) is 0 Å². The Bertz CT molecular complexity index is 641. The van der Waals surface area contributed by atoms with Crippen LogP contribution in [-0.2, 0) is 0 Å². The van der Waals surface area contributed by atoms with Gasteiger partial charge in [0.05, 0.1) is 5.56 Å². The van der Waals surface area contributed by atoms with Gasteiger partial charge in [0.2, 0.25) is 0 Å². The highest BCUT2D eigenvalue weighted by Gasteiger charge is 2.14. The van der Waals surface area contributed by atoms with Crippen LogP contribution in [0.15, 0.2) is 27.7 Å². The summed E-state index contributed by atoms with van der Waals surface area (Å²) in [6.45, 7) is 3.20. The van der Waals surface area contributed by atoms with Crippen molar-refractivity contribution >= 4 is 22.7 Å². The minimum atomic E-state index is -1.09. The lowest BCUT2D eigenvalue weighted by atomic mass is 10.1. The molecule has 0 fully saturated rings. The van der Waals surface area contributed by atoms with Crippen molar-refractivity contribution in [2.75, 3.05) is 6.26 Å². The molecule has 2 nitrogen and oxygen atoms in total. The summed E-state index contributed by atoms with van der Waals surface area (Å²) >= 11 is 1.40. The van der Waals surface area contributed by atoms with Crippen molar-refractivity contribution in [3.8, 4) is 11.8 Å². The van der Waals surface area contributed by atoms with E-state index in [0.717, 1.165) is 0 Å². The van der Waals surface area contributed by atoms with E-state index in [4.69, 9.17) is 4.42 Å². The van der Waals surface area contributed by atoms with E-state index in [2.05, 4.69) is 11.8 Å². The number of hydrogen-bond donors (Lipinski definition) is 1. The lowest BCUT2D eigenvalue weighted by Crippen LogP contribution is -2.14. The van der Waals surface area contributed by atoms with Gasteiger partial charge in [0.25, 0.3) is 0 Å². The maximum atomic E-state index is 13.3. The zero-order valence-corrected chi connectivity index (χ0v) is 11.2. The third-order valence-corrected chi connectivity index (χ3v) is 2.95. The Morgan fingerprint density at radius 2 is 2.11 bits per heavy atom. The maximum Gasteiger partial charge on any atom is 0.176 e. The van der Waals surface area contributed by atoms with E-state index in [0.29, 0.717) is 21.6 Å². The largest absolute Gasteiger partial charge is 0.449 e. The molecule has 2 rings (SSSR count). The van der Waals surface area contributed by atoms with Crippen LogP contribution in [0.4, 0.5) is 4.39 Å². The zero-order chi connectivity index (χ0) is 13.3. The van der Waals surface area contributed by atoms with Crippen LogP contribution in [0.3, 0.4) is 0 Å². The highest BCUT2D eigenvalue weighted by molar-refractivity contribution is 7.98. The number of rotatable bonds is 1. The second-order valence-corrected chi connectivity index (χ2v) is 5.20. The molecule has 0 unspecified atom stereocenters. The van der Waals surface area contributed by atoms with E-state index < -0.39 is 5.60 Å². The predicted molar refractivity (Wildman–Crippen MR) is 71.1 cm³/mol. The molecule has 2 aromatic rings. The van der Waals surface area contributed by atoms with Crippen LogP contribution in [-0.4, -0.2) is 17.0 Å². The Morgan fingerprint density at radius 1 is 1.39 bits per heavy atom. The molecule has 0 radical (unpaired) electrons. The fourth-order valence-electron chi connectivity index (χ4n) is 1.52. The Hall–Kier alpha value is -1.44. The van der Waals surface area contributed by atoms with Crippen LogP contribution in [0.2, 0.25) is 0 Å². The summed E-state index contributed by atoms with van der Waals surface area (Å²) in [4.78, 5) is 0. The summed E-state index contributed by atoms with van der Waals surface area (Å²) in [5, 5.41) is 10.9. The van der Waals surface area contributed by atoms with E-state index in [-0.39, 0.29) is 5.82 Å². The Morgan fingerprint density at radius 3 is 2.72 bits per heavy atom. The molecule has 0 aliphatic rings. The van der Waals surface area contributed by atoms with Gasteiger partial charge in [-0.15, -0.1) is 0 Å². The van der Waals surface area contributed by atoms with Crippen LogP contribution in [0.5, 0.6) is 0 Å². The summed E-state index contributed by atoms with van der Waals surface area (Å²) < 4.78 is 18.8. The molecule has 1 N–H and O–H groups in total. The topological polar surface area (TPSA) is 33.4 Å². The van der Waals surface area contributed by atoms with Crippen molar-refractivity contribution in [2.24, 2.45) is 0 Å². The van der Waals surface area contributed by atoms with Crippen molar-refractivity contribution < 1.29 is 13.9 Å². The number of furan rings is 1. The van der Waals surface area contributed by atoms with Gasteiger partial charge >= 0.3 is 0 Å². The van der Waals surface area contributed by atoms with E-state index in [9.17, 15) is 9.50 Å². The average molecular weight is 264 g/mol. The van der Waals surface area contributed by atoms with E-state index in [1.807, 2.05) is 6.26 Å². The van der Waals surface area contributed by atoms with E-state index in [1.54, 1.807) is 19.9 Å². The number of fused-ring (bicyclic) bond motifs is 1. The molecule has 18 heavy (non-hydrogen) atoms. The molecule has 1 aromatic carbocycles. The molecule has 0 saturated heterocycles. The molecule has 1 heterocycles. The van der Waals surface area contributed by atoms with Crippen molar-refractivity contribution in [3.63, 3.8) is 0 Å². The lowest BCUT2D eigenvalue weighted by Gasteiger charge is -2.05. The summed E-state index contributed by atoms with van der Waals surface area (Å²) in [6, 6.07) is 4.33. The maximum absolute atomic E-state index is 13.3. The molecule has 0 amide bonds. The lowest BCUT2D eigenvalue weighted by molar-refractivity contribution is 0.143. The Labute approximate surface area is 109 Å². The van der Waals surface area contributed by atoms with E-state index >= 15 is 0 Å². The average Bonchev–Trinajstić information content (AvgIpc) is 2.62. The van der Waals surface area contributed by atoms with E-state index in [1.165, 1.54) is 23.9 Å². The van der Waals surface area contributed by atoms with Gasteiger partial charge in [-0.3, -0.25) is 0 Å². The first kappa shape index (κ1) is 13.0. The molecule has 0 spiro atoms. The first-order valence-corrected chi connectivity index (χ1v) is 6.65. The van der Waals surface area contributed by atoms with Gasteiger partial charge < -0.3 is 9.52 Å². The monoisotopic (exact) mass is 264 g/mol. The predicted octanol–water partition coefficient (Wildman–Crippen LogP) is 3.42. The van der Waals surface area contributed by atoms with Gasteiger partial charge in [-0.25, -0.2) is 4.39 Å². The molecule has 0 aliphatic heterocycles. The zero-order valence-electron chi connectivity index (χ0n) is 10.4. The number of halogens is 1. The fourth-order valence-corrected chi connectivity index (χ4v) is 2.06. The van der Waals surface area contributed by atoms with Crippen LogP contribution >= 0.6 is 11.8 Å². The van der Waals surface area contributed by atoms with Crippen molar-refractivity contribution in [3.05, 3.63) is 29.6 Å². The highest BCUT2D eigenvalue weighted by atomic mass is 32.2. The SMILES string of the molecule is CSc1oc2ccc(F)cc2c1C#CC(C)(C)O. The minimum Gasteiger partial charge on any atom is -0.449 e. The second-order valence-electron chi connectivity index (χ2n) is 4.42. The molecule has 0 saturated carbocycles. The third kappa shape index (κ3) is 2.69. The van der Waals surface area contributed by atoms with Gasteiger partial charge in [0.15, 0.2) is 5.09 Å². The van der Waals surface area contributed by atoms with Crippen LogP contribution < -0.4 is 0 Å². The molecule has 94 valence electrons. The first-order valence-electron chi connectivity index (χ1n) is 5.42. The Balaban J connectivity index is 2.65. The van der Waals surface area contributed by atoms with Crippen LogP contribution in [0, 0.1) is 17.7 Å². The van der Waals surface area contributed by atoms with Crippen molar-refractivity contribution in [2.45, 2.75) is 24.5 Å². The molecular weight excluding hydrogens is 251 g/mol. The summed E-state index contributed by atoms with van der Waals surface area (Å²) in [5.41, 5.74) is 0.131. The standard InChI is InChI=1S/C14H13FO2S/c1-14(2,16)7-6-10-11-8-9(15)4-5-12(11)17-13(10)18-3/h4-5,8,16H,1-3H3. The minimum absolute atomic E-state index is 0.331. The first-order chi connectivity index (χ1) is 8.40. The molecule has 1 aromatic heterocycles. The number of benzene rings is 1. The molecular formula is C14H13FO2S. The smallest absolute Gasteiger partial charge is 0.176 e. The summed E-state index contributed by atoms with van der Waals surface area (Å²) in [6.07, 6.45) is 1.86. The fraction of sp³-hybridized carbons (Fsp3) is 0.286. The molecule has 0 aliphatic carbocycles. The molecule has 4 heteroatoms. The van der Waals surface area contributed by atoms with Crippen molar-refractivity contribution in [1.82, 2.24) is 0 Å². The number of thioether (sulfide) groups is 1. The quantitative estimate of drug-likeness (QED) is 0.633. The molecule has 0 bridgehead atoms. The van der Waals surface area contributed by atoms with Crippen LogP contribution in [0.1, 0.15) is 19.4 Å². The molecule has 0 atom stereocenters. The third-order valence-electron chi connectivity index (χ3n) is 2.30. The van der Waals surface area contributed by atoms with Gasteiger partial charge in [0, 0.05) is 5.39 Å². The summed E-state index contributed by atoms with van der Waals surface area (Å²) in [7, 11) is 0. The Kier molecular flexibility index (Phi) is 3.38. The van der Waals surface area contributed by atoms with Gasteiger partial charge in [-0.05, 0) is 38.3 Å². The summed E-state index contributed by atoms with van der Waals surface area (Å²) in [5.74, 6) is 5.26. The second kappa shape index (κ2) is 4.68. The van der Waals surface area contributed by atoms with Gasteiger partial charge in [0.1, 0.15) is 17.0 Å². The van der Waals surface area contributed by atoms with Crippen LogP contribution in [0.25, 0.3) is 11.0 Å². The van der Waals surface area contributed by atoms with Gasteiger partial charge in [-0.1, -0.05) is 23.6 Å². The normalized spacial score (nSPS) is 11.4.